The summed E-state index contributed by atoms with van der Waals surface area (Å²) in [5.41, 5.74) is 20.2. The minimum atomic E-state index is -0.836. The summed E-state index contributed by atoms with van der Waals surface area (Å²) in [6.07, 6.45) is 3.91. The van der Waals surface area contributed by atoms with Gasteiger partial charge in [-0.3, -0.25) is 19.4 Å². The first-order valence-corrected chi connectivity index (χ1v) is 15.1. The van der Waals surface area contributed by atoms with E-state index in [0.717, 1.165) is 41.7 Å². The lowest BCUT2D eigenvalue weighted by Crippen LogP contribution is -2.55. The number of para-hydroxylation sites is 1. The molecule has 0 aliphatic rings. The Kier molecular flexibility index (Phi) is 13.2. The van der Waals surface area contributed by atoms with E-state index in [9.17, 15) is 14.4 Å². The first-order chi connectivity index (χ1) is 20.6. The van der Waals surface area contributed by atoms with Crippen molar-refractivity contribution < 1.29 is 18.9 Å². The lowest BCUT2D eigenvalue weighted by atomic mass is 9.97. The van der Waals surface area contributed by atoms with Crippen molar-refractivity contribution in [1.82, 2.24) is 15.6 Å². The minimum Gasteiger partial charge on any atom is -0.344 e. The lowest BCUT2D eigenvalue weighted by Gasteiger charge is -2.34. The Labute approximate surface area is 255 Å². The largest absolute Gasteiger partial charge is 0.344 e. The number of Topliss-reactive ketones (excluding diaryl/α,β-unsaturated/α-hetero) is 1. The number of nitrogens with two attached hydrogens (primary N) is 3. The van der Waals surface area contributed by atoms with Crippen LogP contribution < -0.4 is 27.8 Å². The molecule has 0 saturated heterocycles. The van der Waals surface area contributed by atoms with Crippen LogP contribution in [0.5, 0.6) is 0 Å². The number of fused-ring (bicyclic) bond motifs is 1. The first-order valence-electron chi connectivity index (χ1n) is 15.1. The van der Waals surface area contributed by atoms with E-state index >= 15 is 0 Å². The molecule has 1 aromatic heterocycles. The highest BCUT2D eigenvalue weighted by atomic mass is 16.2. The predicted octanol–water partition coefficient (Wildman–Crippen LogP) is 1.44. The molecule has 0 radical (unpaired) electrons. The van der Waals surface area contributed by atoms with E-state index in [4.69, 9.17) is 17.2 Å². The molecule has 232 valence electrons. The molecule has 10 nitrogen and oxygen atoms in total. The van der Waals surface area contributed by atoms with E-state index in [0.29, 0.717) is 43.3 Å². The van der Waals surface area contributed by atoms with Gasteiger partial charge in [-0.2, -0.15) is 0 Å². The minimum absolute atomic E-state index is 0.117. The molecule has 3 atom stereocenters. The van der Waals surface area contributed by atoms with Crippen molar-refractivity contribution in [3.63, 3.8) is 0 Å². The Balaban J connectivity index is 1.77. The predicted molar refractivity (Wildman–Crippen MR) is 171 cm³/mol. The average Bonchev–Trinajstić information content (AvgIpc) is 2.99. The van der Waals surface area contributed by atoms with E-state index in [1.807, 2.05) is 60.7 Å². The Hall–Kier alpha value is -3.70. The van der Waals surface area contributed by atoms with Crippen LogP contribution in [0.25, 0.3) is 10.9 Å². The van der Waals surface area contributed by atoms with E-state index in [1.54, 1.807) is 13.1 Å². The maximum atomic E-state index is 13.7. The summed E-state index contributed by atoms with van der Waals surface area (Å²) in [5.74, 6) is -0.937. The molecule has 10 heteroatoms. The number of ketones is 1. The van der Waals surface area contributed by atoms with Gasteiger partial charge < -0.3 is 32.3 Å². The zero-order valence-corrected chi connectivity index (χ0v) is 25.5. The van der Waals surface area contributed by atoms with Crippen LogP contribution in [0.3, 0.4) is 0 Å². The summed E-state index contributed by atoms with van der Waals surface area (Å²) in [6.45, 7) is 4.90. The van der Waals surface area contributed by atoms with Crippen molar-refractivity contribution in [2.75, 3.05) is 39.8 Å². The van der Waals surface area contributed by atoms with Gasteiger partial charge in [-0.15, -0.1) is 0 Å². The van der Waals surface area contributed by atoms with Gasteiger partial charge in [-0.25, -0.2) is 0 Å². The molecule has 3 rings (SSSR count). The van der Waals surface area contributed by atoms with Gasteiger partial charge >= 0.3 is 0 Å². The topological polar surface area (TPSA) is 166 Å². The highest BCUT2D eigenvalue weighted by molar-refractivity contribution is 5.94. The fraction of sp³-hybridized carbons (Fsp3) is 0.455. The van der Waals surface area contributed by atoms with Gasteiger partial charge in [0.25, 0.3) is 0 Å². The number of rotatable bonds is 18. The third kappa shape index (κ3) is 10.8. The second-order valence-corrected chi connectivity index (χ2v) is 11.6. The fourth-order valence-electron chi connectivity index (χ4n) is 5.29. The summed E-state index contributed by atoms with van der Waals surface area (Å²) in [4.78, 5) is 44.4. The molecule has 0 aliphatic heterocycles. The number of carbonyl (C=O) groups is 3. The second-order valence-electron chi connectivity index (χ2n) is 11.6. The normalized spacial score (nSPS) is 13.7. The maximum absolute atomic E-state index is 13.7. The lowest BCUT2D eigenvalue weighted by molar-refractivity contribution is -0.907. The SMILES string of the molecule is C[C@H](N)C(=O)N[C@@H](CCC[N+](C)(CCN)CCN)C(=O)N[C@@H](CCc1ccccc1)C(=O)Cc1cnc2ccccc2c1. The quantitative estimate of drug-likeness (QED) is 0.140. The highest BCUT2D eigenvalue weighted by Crippen LogP contribution is 2.15. The number of nitrogens with zero attached hydrogens (tertiary/aromatic N) is 2. The molecule has 0 bridgehead atoms. The number of benzene rings is 2. The Morgan fingerprint density at radius 1 is 0.837 bits per heavy atom. The van der Waals surface area contributed by atoms with Crippen LogP contribution in [-0.4, -0.2) is 85.0 Å². The number of quaternary nitrogens is 1. The van der Waals surface area contributed by atoms with Gasteiger partial charge in [0.05, 0.1) is 44.3 Å². The number of aromatic nitrogens is 1. The smallest absolute Gasteiger partial charge is 0.243 e. The molecule has 43 heavy (non-hydrogen) atoms. The number of aryl methyl sites for hydroxylation is 1. The van der Waals surface area contributed by atoms with Crippen molar-refractivity contribution in [1.29, 1.82) is 0 Å². The molecule has 0 spiro atoms. The molecule has 2 aromatic carbocycles. The van der Waals surface area contributed by atoms with E-state index in [2.05, 4.69) is 22.7 Å². The fourth-order valence-corrected chi connectivity index (χ4v) is 5.29. The Morgan fingerprint density at radius 3 is 2.16 bits per heavy atom. The number of nitrogens with one attached hydrogen (secondary N) is 2. The van der Waals surface area contributed by atoms with Crippen molar-refractivity contribution in [2.45, 2.75) is 57.2 Å². The number of amides is 2. The summed E-state index contributed by atoms with van der Waals surface area (Å²) >= 11 is 0. The molecular formula is C33H48N7O3+. The molecule has 0 unspecified atom stereocenters. The molecular weight excluding hydrogens is 542 g/mol. The van der Waals surface area contributed by atoms with Gasteiger partial charge in [0.2, 0.25) is 11.8 Å². The van der Waals surface area contributed by atoms with Crippen molar-refractivity contribution in [3.8, 4) is 0 Å². The molecule has 2 amide bonds. The second kappa shape index (κ2) is 16.8. The third-order valence-corrected chi connectivity index (χ3v) is 7.87. The molecule has 3 aromatic rings. The first kappa shape index (κ1) is 33.8. The van der Waals surface area contributed by atoms with Crippen molar-refractivity contribution in [2.24, 2.45) is 17.2 Å². The summed E-state index contributed by atoms with van der Waals surface area (Å²) < 4.78 is 0.681. The van der Waals surface area contributed by atoms with Crippen LogP contribution in [0.4, 0.5) is 0 Å². The molecule has 0 fully saturated rings. The summed E-state index contributed by atoms with van der Waals surface area (Å²) in [7, 11) is 2.09. The van der Waals surface area contributed by atoms with Crippen LogP contribution in [0.1, 0.15) is 37.3 Å². The van der Waals surface area contributed by atoms with Crippen molar-refractivity contribution in [3.05, 3.63) is 78.0 Å². The van der Waals surface area contributed by atoms with Crippen LogP contribution in [0, 0.1) is 0 Å². The molecule has 0 saturated carbocycles. The number of hydrogen-bond donors (Lipinski definition) is 5. The van der Waals surface area contributed by atoms with Crippen LogP contribution in [-0.2, 0) is 27.2 Å². The molecule has 8 N–H and O–H groups in total. The van der Waals surface area contributed by atoms with Crippen molar-refractivity contribution >= 4 is 28.5 Å². The standard InChI is InChI=1S/C33H47N7O3/c1-24(36)32(42)39-30(13-8-18-40(2,19-16-34)20-17-35)33(43)38-29(15-14-25-9-4-3-5-10-25)31(41)22-26-21-27-11-6-7-12-28(27)37-23-26/h3-7,9-12,21,23-24,29-30H,8,13-20,22,34-36H2,1-2H3,(H-,38,39,42,43)/p+1/t24-,29-,30-/m0/s1. The van der Waals surface area contributed by atoms with Gasteiger partial charge in [-0.05, 0) is 55.9 Å². The number of hydrogen-bond acceptors (Lipinski definition) is 7. The van der Waals surface area contributed by atoms with Gasteiger partial charge in [-0.1, -0.05) is 48.5 Å². The van der Waals surface area contributed by atoms with Gasteiger partial charge in [0, 0.05) is 31.1 Å². The van der Waals surface area contributed by atoms with Gasteiger partial charge in [0.15, 0.2) is 5.78 Å². The average molecular weight is 591 g/mol. The van der Waals surface area contributed by atoms with E-state index in [1.165, 1.54) is 0 Å². The van der Waals surface area contributed by atoms with Crippen LogP contribution >= 0.6 is 0 Å². The highest BCUT2D eigenvalue weighted by Gasteiger charge is 2.29. The monoisotopic (exact) mass is 590 g/mol. The van der Waals surface area contributed by atoms with Crippen LogP contribution in [0.15, 0.2) is 66.9 Å². The zero-order chi connectivity index (χ0) is 31.2. The Morgan fingerprint density at radius 2 is 1.49 bits per heavy atom. The summed E-state index contributed by atoms with van der Waals surface area (Å²) in [6, 6.07) is 17.2. The van der Waals surface area contributed by atoms with E-state index < -0.39 is 29.9 Å². The Bertz CT molecular complexity index is 1330. The molecule has 1 heterocycles. The summed E-state index contributed by atoms with van der Waals surface area (Å²) in [5, 5.41) is 6.73. The third-order valence-electron chi connectivity index (χ3n) is 7.87. The number of carbonyl (C=O) groups excluding carboxylic acids is 3. The molecule has 0 aliphatic carbocycles. The zero-order valence-electron chi connectivity index (χ0n) is 25.5. The number of pyridine rings is 1. The van der Waals surface area contributed by atoms with Crippen LogP contribution in [0.2, 0.25) is 0 Å². The van der Waals surface area contributed by atoms with Gasteiger partial charge in [0.1, 0.15) is 6.04 Å². The maximum Gasteiger partial charge on any atom is 0.243 e. The number of likely N-dealkylation sites (N-methyl/N-ethyl adjacent to an activating group) is 1. The van der Waals surface area contributed by atoms with E-state index in [-0.39, 0.29) is 12.2 Å².